The van der Waals surface area contributed by atoms with Gasteiger partial charge in [0.15, 0.2) is 11.8 Å². The van der Waals surface area contributed by atoms with Gasteiger partial charge in [-0.15, -0.1) is 11.3 Å². The summed E-state index contributed by atoms with van der Waals surface area (Å²) in [6, 6.07) is 23.2. The zero-order valence-corrected chi connectivity index (χ0v) is 19.9. The molecule has 0 saturated heterocycles. The minimum atomic E-state index is -0.813. The Hall–Kier alpha value is -4.30. The van der Waals surface area contributed by atoms with Crippen molar-refractivity contribution in [3.05, 3.63) is 101 Å². The number of rotatable bonds is 6. The molecule has 8 heteroatoms. The van der Waals surface area contributed by atoms with Crippen molar-refractivity contribution in [3.63, 3.8) is 0 Å². The lowest BCUT2D eigenvalue weighted by Gasteiger charge is -2.08. The molecule has 3 aromatic carbocycles. The van der Waals surface area contributed by atoms with Gasteiger partial charge in [0.2, 0.25) is 5.13 Å². The first-order chi connectivity index (χ1) is 17.0. The quantitative estimate of drug-likeness (QED) is 0.243. The fourth-order valence-electron chi connectivity index (χ4n) is 3.60. The van der Waals surface area contributed by atoms with Crippen LogP contribution in [0.5, 0.6) is 0 Å². The largest absolute Gasteiger partial charge is 0.289 e. The average Bonchev–Trinajstić information content (AvgIpc) is 3.48. The number of hydrazone groups is 1. The summed E-state index contributed by atoms with van der Waals surface area (Å²) in [6.45, 7) is 3.78. The summed E-state index contributed by atoms with van der Waals surface area (Å²) in [6.07, 6.45) is 0. The summed E-state index contributed by atoms with van der Waals surface area (Å²) < 4.78 is 0. The fourth-order valence-corrected chi connectivity index (χ4v) is 4.39. The van der Waals surface area contributed by atoms with Crippen LogP contribution in [-0.4, -0.2) is 28.4 Å². The normalized spacial score (nSPS) is 15.6. The van der Waals surface area contributed by atoms with Crippen molar-refractivity contribution in [1.82, 2.24) is 4.98 Å². The number of aromatic nitrogens is 1. The number of benzene rings is 3. The second kappa shape index (κ2) is 9.52. The van der Waals surface area contributed by atoms with Crippen molar-refractivity contribution in [1.29, 1.82) is 0 Å². The van der Waals surface area contributed by atoms with Crippen molar-refractivity contribution in [3.8, 4) is 11.3 Å². The molecule has 1 amide bonds. The van der Waals surface area contributed by atoms with Gasteiger partial charge in [-0.2, -0.15) is 20.3 Å². The van der Waals surface area contributed by atoms with Crippen LogP contribution in [0.25, 0.3) is 11.3 Å². The Bertz CT molecular complexity index is 1440. The van der Waals surface area contributed by atoms with E-state index in [0.717, 1.165) is 11.3 Å². The third-order valence-corrected chi connectivity index (χ3v) is 6.39. The number of hydrogen-bond acceptors (Lipinski definition) is 7. The Balaban J connectivity index is 1.28. The van der Waals surface area contributed by atoms with Crippen LogP contribution in [0.4, 0.5) is 10.8 Å². The fraction of sp³-hybridized carbons (Fsp3) is 0.111. The van der Waals surface area contributed by atoms with Crippen LogP contribution < -0.4 is 5.01 Å². The van der Waals surface area contributed by atoms with E-state index in [1.807, 2.05) is 54.8 Å². The second-order valence-electron chi connectivity index (χ2n) is 8.13. The SMILES string of the molecule is CC1=NN(c2nc(-c3ccc(C)cc3)cs2)C(=O)[C@@H]1N=Nc1ccc(C(=O)c2ccccc2)cc1. The van der Waals surface area contributed by atoms with E-state index in [-0.39, 0.29) is 11.7 Å². The highest BCUT2D eigenvalue weighted by atomic mass is 32.1. The third-order valence-electron chi connectivity index (χ3n) is 5.57. The number of aryl methyl sites for hydroxylation is 1. The summed E-state index contributed by atoms with van der Waals surface area (Å²) in [5.74, 6) is -0.362. The number of carbonyl (C=O) groups excluding carboxylic acids is 2. The summed E-state index contributed by atoms with van der Waals surface area (Å²) in [7, 11) is 0. The van der Waals surface area contributed by atoms with Crippen LogP contribution in [0.3, 0.4) is 0 Å². The summed E-state index contributed by atoms with van der Waals surface area (Å²) in [5, 5.41) is 16.5. The highest BCUT2D eigenvalue weighted by Gasteiger charge is 2.36. The van der Waals surface area contributed by atoms with E-state index in [1.54, 1.807) is 43.3 Å². The lowest BCUT2D eigenvalue weighted by molar-refractivity contribution is -0.117. The van der Waals surface area contributed by atoms with E-state index >= 15 is 0 Å². The molecule has 35 heavy (non-hydrogen) atoms. The molecule has 1 aliphatic heterocycles. The van der Waals surface area contributed by atoms with Crippen LogP contribution in [0.15, 0.2) is 99.6 Å². The molecule has 0 radical (unpaired) electrons. The van der Waals surface area contributed by atoms with E-state index in [9.17, 15) is 9.59 Å². The standard InChI is InChI=1S/C27H21N5O2S/c1-17-8-10-19(11-9-17)23-16-35-27(28-23)32-26(34)24(18(2)31-32)30-29-22-14-12-21(13-15-22)25(33)20-6-4-3-5-7-20/h3-16,24H,1-2H3/t24-/m1/s1. The molecule has 5 rings (SSSR count). The number of thiazole rings is 1. The predicted molar refractivity (Wildman–Crippen MR) is 138 cm³/mol. The average molecular weight is 480 g/mol. The van der Waals surface area contributed by atoms with Gasteiger partial charge < -0.3 is 0 Å². The summed E-state index contributed by atoms with van der Waals surface area (Å²) >= 11 is 1.35. The van der Waals surface area contributed by atoms with Crippen molar-refractivity contribution in [2.24, 2.45) is 15.3 Å². The zero-order chi connectivity index (χ0) is 24.4. The second-order valence-corrected chi connectivity index (χ2v) is 8.97. The molecule has 1 aromatic heterocycles. The first kappa shape index (κ1) is 22.5. The van der Waals surface area contributed by atoms with Gasteiger partial charge in [-0.1, -0.05) is 60.2 Å². The molecular formula is C27H21N5O2S. The Morgan fingerprint density at radius 1 is 0.914 bits per heavy atom. The first-order valence-electron chi connectivity index (χ1n) is 11.0. The van der Waals surface area contributed by atoms with E-state index in [4.69, 9.17) is 0 Å². The molecule has 0 unspecified atom stereocenters. The zero-order valence-electron chi connectivity index (χ0n) is 19.1. The molecule has 172 valence electrons. The molecule has 1 aliphatic rings. The number of hydrogen-bond donors (Lipinski definition) is 0. The van der Waals surface area contributed by atoms with Crippen LogP contribution in [0.2, 0.25) is 0 Å². The van der Waals surface area contributed by atoms with Gasteiger partial charge in [-0.3, -0.25) is 9.59 Å². The number of nitrogens with zero attached hydrogens (tertiary/aromatic N) is 5. The minimum absolute atomic E-state index is 0.0628. The monoisotopic (exact) mass is 479 g/mol. The van der Waals surface area contributed by atoms with Gasteiger partial charge in [0, 0.05) is 22.1 Å². The molecule has 2 heterocycles. The molecule has 4 aromatic rings. The lowest BCUT2D eigenvalue weighted by Crippen LogP contribution is -2.29. The van der Waals surface area contributed by atoms with Crippen LogP contribution >= 0.6 is 11.3 Å². The van der Waals surface area contributed by atoms with E-state index in [0.29, 0.717) is 27.7 Å². The van der Waals surface area contributed by atoms with Crippen molar-refractivity contribution >= 4 is 39.6 Å². The van der Waals surface area contributed by atoms with Gasteiger partial charge >= 0.3 is 0 Å². The highest BCUT2D eigenvalue weighted by molar-refractivity contribution is 7.14. The predicted octanol–water partition coefficient (Wildman–Crippen LogP) is 6.22. The number of amides is 1. The van der Waals surface area contributed by atoms with E-state index in [2.05, 4.69) is 20.3 Å². The molecule has 0 spiro atoms. The first-order valence-corrected chi connectivity index (χ1v) is 11.9. The lowest BCUT2D eigenvalue weighted by atomic mass is 10.0. The van der Waals surface area contributed by atoms with Crippen LogP contribution in [0.1, 0.15) is 28.4 Å². The van der Waals surface area contributed by atoms with Gasteiger partial charge in [0.05, 0.1) is 17.1 Å². The Morgan fingerprint density at radius 3 is 2.31 bits per heavy atom. The van der Waals surface area contributed by atoms with Crippen molar-refractivity contribution in [2.45, 2.75) is 19.9 Å². The van der Waals surface area contributed by atoms with Gasteiger partial charge in [0.25, 0.3) is 5.91 Å². The maximum Gasteiger partial charge on any atom is 0.282 e. The number of ketones is 1. The summed E-state index contributed by atoms with van der Waals surface area (Å²) in [4.78, 5) is 30.2. The molecular weight excluding hydrogens is 458 g/mol. The third kappa shape index (κ3) is 4.69. The molecule has 7 nitrogen and oxygen atoms in total. The number of anilines is 1. The van der Waals surface area contributed by atoms with Gasteiger partial charge in [0.1, 0.15) is 0 Å². The Kier molecular flexibility index (Phi) is 6.12. The molecule has 0 fully saturated rings. The molecule has 0 saturated carbocycles. The minimum Gasteiger partial charge on any atom is -0.289 e. The summed E-state index contributed by atoms with van der Waals surface area (Å²) in [5.41, 5.74) is 5.22. The Morgan fingerprint density at radius 2 is 1.60 bits per heavy atom. The van der Waals surface area contributed by atoms with Gasteiger partial charge in [-0.05, 0) is 38.1 Å². The topological polar surface area (TPSA) is 87.3 Å². The maximum absolute atomic E-state index is 13.0. The van der Waals surface area contributed by atoms with E-state index < -0.39 is 6.04 Å². The molecule has 0 bridgehead atoms. The van der Waals surface area contributed by atoms with Crippen LogP contribution in [-0.2, 0) is 4.79 Å². The molecule has 1 atom stereocenters. The Labute approximate surface area is 206 Å². The van der Waals surface area contributed by atoms with Crippen LogP contribution in [0, 0.1) is 6.92 Å². The number of carbonyl (C=O) groups is 2. The van der Waals surface area contributed by atoms with Crippen molar-refractivity contribution < 1.29 is 9.59 Å². The van der Waals surface area contributed by atoms with Gasteiger partial charge in [-0.25, -0.2) is 4.98 Å². The smallest absolute Gasteiger partial charge is 0.282 e. The highest BCUT2D eigenvalue weighted by Crippen LogP contribution is 2.31. The molecule has 0 aliphatic carbocycles. The number of azo groups is 1. The molecule has 0 N–H and O–H groups in total. The van der Waals surface area contributed by atoms with Crippen molar-refractivity contribution in [2.75, 3.05) is 5.01 Å². The maximum atomic E-state index is 13.0. The van der Waals surface area contributed by atoms with E-state index in [1.165, 1.54) is 21.9 Å².